The average molecular weight is 150 g/mol. The van der Waals surface area contributed by atoms with Crippen molar-refractivity contribution in [1.82, 2.24) is 0 Å². The molecule has 0 atom stereocenters. The van der Waals surface area contributed by atoms with E-state index < -0.39 is 7.91 Å². The first-order valence-corrected chi connectivity index (χ1v) is 3.99. The van der Waals surface area contributed by atoms with Crippen LogP contribution in [0.5, 0.6) is 0 Å². The average Bonchev–Trinajstić information content (AvgIpc) is 1.19. The molecule has 0 spiro atoms. The number of rotatable bonds is 0. The van der Waals surface area contributed by atoms with Gasteiger partial charge in [-0.15, -0.1) is 4.20 Å². The van der Waals surface area contributed by atoms with Gasteiger partial charge in [0.2, 0.25) is 0 Å². The van der Waals surface area contributed by atoms with Crippen LogP contribution in [0.3, 0.4) is 0 Å². The Bertz CT molecular complexity index is 90.2. The Morgan fingerprint density at radius 1 is 1.56 bits per heavy atom. The van der Waals surface area contributed by atoms with Crippen molar-refractivity contribution in [2.24, 2.45) is 0 Å². The first-order chi connectivity index (χ1) is 3.73. The zero-order chi connectivity index (χ0) is 8.08. The van der Waals surface area contributed by atoms with Crippen molar-refractivity contribution in [3.8, 4) is 0 Å². The van der Waals surface area contributed by atoms with Crippen LogP contribution >= 0.6 is 7.91 Å². The molecule has 0 fully saturated rings. The van der Waals surface area contributed by atoms with Gasteiger partial charge in [0, 0.05) is 0 Å². The van der Waals surface area contributed by atoms with Crippen LogP contribution < -0.4 is 0 Å². The van der Waals surface area contributed by atoms with Crippen LogP contribution in [-0.2, 0) is 4.57 Å². The summed E-state index contributed by atoms with van der Waals surface area (Å²) in [6, 6.07) is 0. The fourth-order valence-electron chi connectivity index (χ4n) is 0. The first kappa shape index (κ1) is 12.4. The van der Waals surface area contributed by atoms with Gasteiger partial charge in [0.25, 0.3) is 0 Å². The van der Waals surface area contributed by atoms with E-state index in [1.807, 2.05) is 0 Å². The summed E-state index contributed by atoms with van der Waals surface area (Å²) in [5, 5.41) is 0. The standard InChI is InChI=1S/C3H7.FH2O3P.Li/c1-3-2;1-5(2,3)4;/h3H,1-2H3;(H2,2,3,4);. The van der Waals surface area contributed by atoms with Gasteiger partial charge in [0.05, 0.1) is 0 Å². The van der Waals surface area contributed by atoms with Gasteiger partial charge in [-0.25, -0.2) is 4.57 Å². The molecule has 3 nitrogen and oxygen atoms in total. The van der Waals surface area contributed by atoms with E-state index in [1.165, 1.54) is 0 Å². The van der Waals surface area contributed by atoms with Crippen molar-refractivity contribution in [3.05, 3.63) is 0 Å². The van der Waals surface area contributed by atoms with E-state index in [1.54, 1.807) is 0 Å². The molecule has 0 aliphatic rings. The summed E-state index contributed by atoms with van der Waals surface area (Å²) in [7, 11) is -5.14. The molecule has 0 saturated carbocycles. The fourth-order valence-corrected chi connectivity index (χ4v) is 0. The van der Waals surface area contributed by atoms with E-state index in [0.717, 1.165) is 4.59 Å². The fraction of sp³-hybridized carbons (Fsp3) is 1.00. The molecule has 6 heteroatoms. The van der Waals surface area contributed by atoms with E-state index in [0.29, 0.717) is 0 Å². The molecule has 0 rings (SSSR count). The van der Waals surface area contributed by atoms with Crippen LogP contribution in [0, 0.1) is 0 Å². The topological polar surface area (TPSA) is 57.5 Å². The zero-order valence-corrected chi connectivity index (χ0v) is 6.60. The summed E-state index contributed by atoms with van der Waals surface area (Å²) in [5.41, 5.74) is 0. The predicted octanol–water partition coefficient (Wildman–Crippen LogP) is 1.03. The van der Waals surface area contributed by atoms with Crippen LogP contribution in [0.4, 0.5) is 4.20 Å². The molecule has 0 radical (unpaired) electrons. The summed E-state index contributed by atoms with van der Waals surface area (Å²) in [6.07, 6.45) is 0. The summed E-state index contributed by atoms with van der Waals surface area (Å²) < 4.78 is 19.8. The third kappa shape index (κ3) is 843. The molecule has 0 bridgehead atoms. The summed E-state index contributed by atoms with van der Waals surface area (Å²) in [6.45, 7) is 4.33. The predicted molar refractivity (Wildman–Crippen MR) is 34.0 cm³/mol. The molecule has 0 amide bonds. The van der Waals surface area contributed by atoms with Crippen molar-refractivity contribution < 1.29 is 18.5 Å². The summed E-state index contributed by atoms with van der Waals surface area (Å²) in [4.78, 5) is 13.9. The van der Waals surface area contributed by atoms with E-state index >= 15 is 0 Å². The molecule has 0 aromatic rings. The zero-order valence-electron chi connectivity index (χ0n) is 5.71. The molecule has 52 valence electrons. The molecular weight excluding hydrogens is 141 g/mol. The van der Waals surface area contributed by atoms with E-state index in [2.05, 4.69) is 31.6 Å². The maximum atomic E-state index is 10.4. The Morgan fingerprint density at radius 2 is 1.56 bits per heavy atom. The quantitative estimate of drug-likeness (QED) is 0.400. The van der Waals surface area contributed by atoms with Gasteiger partial charge in [0.1, 0.15) is 0 Å². The molecule has 2 N–H and O–H groups in total. The van der Waals surface area contributed by atoms with Crippen LogP contribution in [-0.4, -0.2) is 27.5 Å². The number of hydrogen-bond donors (Lipinski definition) is 2. The van der Waals surface area contributed by atoms with Gasteiger partial charge >= 0.3 is 44.1 Å². The summed E-state index contributed by atoms with van der Waals surface area (Å²) >= 11 is 2.17. The Hall–Kier alpha value is 0.677. The second-order valence-electron chi connectivity index (χ2n) is 2.20. The van der Waals surface area contributed by atoms with Crippen molar-refractivity contribution in [1.29, 1.82) is 0 Å². The van der Waals surface area contributed by atoms with Crippen LogP contribution in [0.1, 0.15) is 13.8 Å². The molecule has 0 aromatic heterocycles. The third-order valence-corrected chi connectivity index (χ3v) is 0. The second-order valence-corrected chi connectivity index (χ2v) is 3.15. The molecule has 0 saturated heterocycles. The van der Waals surface area contributed by atoms with Crippen molar-refractivity contribution >= 4 is 25.6 Å². The third-order valence-electron chi connectivity index (χ3n) is 0. The molecular formula is C3H9FLiO3P. The first-order valence-electron chi connectivity index (χ1n) is 2.48. The normalized spacial score (nSPS) is 10.7. The van der Waals surface area contributed by atoms with E-state index in [9.17, 15) is 4.20 Å². The molecule has 0 aliphatic carbocycles. The maximum absolute atomic E-state index is 10.4. The Kier molecular flexibility index (Phi) is 7.50. The summed E-state index contributed by atoms with van der Waals surface area (Å²) in [5.74, 6) is 0. The van der Waals surface area contributed by atoms with Gasteiger partial charge in [-0.3, -0.25) is 9.79 Å². The molecule has 9 heavy (non-hydrogen) atoms. The minimum atomic E-state index is -5.14. The Labute approximate surface area is 63.1 Å². The van der Waals surface area contributed by atoms with Crippen LogP contribution in [0.2, 0.25) is 4.59 Å². The van der Waals surface area contributed by atoms with E-state index in [-0.39, 0.29) is 0 Å². The number of halogens is 1. The van der Waals surface area contributed by atoms with E-state index in [4.69, 9.17) is 14.4 Å². The van der Waals surface area contributed by atoms with Crippen LogP contribution in [0.25, 0.3) is 0 Å². The minimum absolute atomic E-state index is 0.833. The Balaban J connectivity index is 0. The SMILES string of the molecule is O=P(O)(O)F.[Li][CH](C)C. The van der Waals surface area contributed by atoms with Gasteiger partial charge in [-0.2, -0.15) is 0 Å². The molecule has 0 unspecified atom stereocenters. The second kappa shape index (κ2) is 5.46. The monoisotopic (exact) mass is 150 g/mol. The van der Waals surface area contributed by atoms with Gasteiger partial charge < -0.3 is 0 Å². The van der Waals surface area contributed by atoms with Gasteiger partial charge in [-0.1, -0.05) is 0 Å². The molecule has 0 aromatic carbocycles. The van der Waals surface area contributed by atoms with Crippen LogP contribution in [0.15, 0.2) is 0 Å². The van der Waals surface area contributed by atoms with Crippen molar-refractivity contribution in [2.45, 2.75) is 18.4 Å². The van der Waals surface area contributed by atoms with Gasteiger partial charge in [0.15, 0.2) is 0 Å². The van der Waals surface area contributed by atoms with Crippen molar-refractivity contribution in [2.75, 3.05) is 0 Å². The van der Waals surface area contributed by atoms with Crippen molar-refractivity contribution in [3.63, 3.8) is 0 Å². The van der Waals surface area contributed by atoms with Gasteiger partial charge in [-0.05, 0) is 0 Å². The molecule has 0 aliphatic heterocycles. The number of hydrogen-bond acceptors (Lipinski definition) is 1. The molecule has 0 heterocycles. The Morgan fingerprint density at radius 3 is 1.56 bits per heavy atom.